The largest absolute Gasteiger partial charge is 0.399 e. The number of nitrogens with two attached hydrogens (primary N) is 2. The zero-order valence-corrected chi connectivity index (χ0v) is 64.5. The van der Waals surface area contributed by atoms with E-state index in [-0.39, 0.29) is 0 Å². The summed E-state index contributed by atoms with van der Waals surface area (Å²) in [5.74, 6) is 3.40. The predicted octanol–water partition coefficient (Wildman–Crippen LogP) is 26.0. The van der Waals surface area contributed by atoms with Crippen molar-refractivity contribution in [2.75, 3.05) is 21.7 Å². The summed E-state index contributed by atoms with van der Waals surface area (Å²) in [6, 6.07) is 75.0. The maximum absolute atomic E-state index is 5.63. The molecule has 0 aliphatic carbocycles. The molecule has 0 aliphatic rings. The van der Waals surface area contributed by atoms with Crippen molar-refractivity contribution in [2.24, 2.45) is 29.6 Å². The molecule has 0 saturated carbocycles. The molecule has 0 unspecified atom stereocenters. The molecular weight excluding hydrogens is 1300 g/mol. The normalized spacial score (nSPS) is 10.9. The van der Waals surface area contributed by atoms with Crippen LogP contribution in [0.5, 0.6) is 0 Å². The van der Waals surface area contributed by atoms with Crippen LogP contribution in [0.1, 0.15) is 164 Å². The minimum absolute atomic E-state index is 0.630. The summed E-state index contributed by atoms with van der Waals surface area (Å²) in [6.45, 7) is 39.8. The molecule has 10 aromatic rings. The molecule has 6 heteroatoms. The van der Waals surface area contributed by atoms with Gasteiger partial charge in [0.2, 0.25) is 0 Å². The predicted molar refractivity (Wildman–Crippen MR) is 430 cm³/mol. The van der Waals surface area contributed by atoms with Crippen LogP contribution in [0.2, 0.25) is 0 Å². The molecule has 0 radical (unpaired) electrons. The summed E-state index contributed by atoms with van der Waals surface area (Å²) in [5, 5.41) is 3.65. The Labute approximate surface area is 598 Å². The zero-order valence-electron chi connectivity index (χ0n) is 61.3. The lowest BCUT2D eigenvalue weighted by Crippen LogP contribution is -2.13. The highest BCUT2D eigenvalue weighted by Gasteiger charge is 2.18. The highest BCUT2D eigenvalue weighted by atomic mass is 79.9. The van der Waals surface area contributed by atoms with Gasteiger partial charge in [-0.25, -0.2) is 0 Å². The smallest absolute Gasteiger partial charge is 0.0493 e. The minimum Gasteiger partial charge on any atom is -0.399 e. The highest BCUT2D eigenvalue weighted by molar-refractivity contribution is 9.10. The van der Waals surface area contributed by atoms with Crippen LogP contribution in [0.25, 0.3) is 0 Å². The number of nitrogens with zero attached hydrogens (tertiary/aromatic N) is 1. The zero-order chi connectivity index (χ0) is 70.2. The van der Waals surface area contributed by atoms with Gasteiger partial charge in [-0.15, -0.1) is 0 Å². The van der Waals surface area contributed by atoms with Crippen molar-refractivity contribution in [1.29, 1.82) is 0 Å². The summed E-state index contributed by atoms with van der Waals surface area (Å²) in [4.78, 5) is 2.43. The van der Waals surface area contributed by atoms with Crippen molar-refractivity contribution in [3.05, 3.63) is 310 Å². The Hall–Kier alpha value is -7.64. The fourth-order valence-corrected chi connectivity index (χ4v) is 12.7. The van der Waals surface area contributed by atoms with Gasteiger partial charge in [0.1, 0.15) is 0 Å². The molecule has 0 atom stereocenters. The average Bonchev–Trinajstić information content (AvgIpc) is 0.792. The number of aryl methyl sites for hydroxylation is 8. The first kappa shape index (κ1) is 77.4. The number of halogens is 2. The second-order valence-corrected chi connectivity index (χ2v) is 30.6. The van der Waals surface area contributed by atoms with Crippen molar-refractivity contribution in [2.45, 2.75) is 170 Å². The quantitative estimate of drug-likeness (QED) is 0.0706. The summed E-state index contributed by atoms with van der Waals surface area (Å²) in [7, 11) is 0. The lowest BCUT2D eigenvalue weighted by Gasteiger charge is -2.29. The lowest BCUT2D eigenvalue weighted by molar-refractivity contribution is 0.646. The van der Waals surface area contributed by atoms with E-state index >= 15 is 0 Å². The fourth-order valence-electron chi connectivity index (χ4n) is 12.0. The van der Waals surface area contributed by atoms with E-state index < -0.39 is 0 Å². The first-order valence-corrected chi connectivity index (χ1v) is 36.4. The molecule has 0 heterocycles. The van der Waals surface area contributed by atoms with Crippen molar-refractivity contribution < 1.29 is 0 Å². The molecule has 4 nitrogen and oxygen atoms in total. The second-order valence-electron chi connectivity index (χ2n) is 28.8. The number of hydrogen-bond acceptors (Lipinski definition) is 4. The summed E-state index contributed by atoms with van der Waals surface area (Å²) in [6.07, 6.45) is 7.59. The Morgan fingerprint density at radius 1 is 0.323 bits per heavy atom. The molecule has 0 saturated heterocycles. The SMILES string of the molecule is CC(C)Cc1cccc(Br)c1.Cc1cc(N)c(C)cc1N.Cc1cc(Nc2cccc(CC(C)C)c2)c(C)cc1Cc1cccc(CC(C)C)c1.Cc1ccc(Br)cc1.Cc1ccc(N(c2cccc(CC(C)C)c2)c2cc(C)c(Cc3cccc(CC(C)C)c3)cc2C)cc1. The molecule has 96 heavy (non-hydrogen) atoms. The molecule has 10 aromatic carbocycles. The van der Waals surface area contributed by atoms with Gasteiger partial charge in [-0.2, -0.15) is 0 Å². The highest BCUT2D eigenvalue weighted by Crippen LogP contribution is 2.39. The lowest BCUT2D eigenvalue weighted by atomic mass is 9.94. The van der Waals surface area contributed by atoms with Crippen LogP contribution >= 0.6 is 31.9 Å². The van der Waals surface area contributed by atoms with Crippen molar-refractivity contribution in [3.8, 4) is 0 Å². The second kappa shape index (κ2) is 38.3. The van der Waals surface area contributed by atoms with E-state index in [1.807, 2.05) is 38.1 Å². The van der Waals surface area contributed by atoms with E-state index in [9.17, 15) is 0 Å². The van der Waals surface area contributed by atoms with Gasteiger partial charge in [0.25, 0.3) is 0 Å². The molecule has 0 fully saturated rings. The molecule has 0 aliphatic heterocycles. The van der Waals surface area contributed by atoms with Crippen LogP contribution in [0.15, 0.2) is 215 Å². The molecule has 0 spiro atoms. The van der Waals surface area contributed by atoms with E-state index in [4.69, 9.17) is 11.5 Å². The Kier molecular flexibility index (Phi) is 30.9. The van der Waals surface area contributed by atoms with Gasteiger partial charge in [0.05, 0.1) is 0 Å². The maximum atomic E-state index is 5.63. The summed E-state index contributed by atoms with van der Waals surface area (Å²) >= 11 is 6.80. The van der Waals surface area contributed by atoms with Gasteiger partial charge < -0.3 is 21.7 Å². The molecule has 506 valence electrons. The van der Waals surface area contributed by atoms with Crippen LogP contribution in [-0.4, -0.2) is 0 Å². The number of anilines is 7. The van der Waals surface area contributed by atoms with Crippen molar-refractivity contribution in [3.63, 3.8) is 0 Å². The molecular formula is C90H112Br2N4. The summed E-state index contributed by atoms with van der Waals surface area (Å²) in [5.41, 5.74) is 41.5. The number of benzene rings is 10. The molecule has 0 amide bonds. The number of hydrogen-bond donors (Lipinski definition) is 3. The third kappa shape index (κ3) is 26.4. The van der Waals surface area contributed by atoms with Gasteiger partial charge in [0, 0.05) is 48.8 Å². The maximum Gasteiger partial charge on any atom is 0.0493 e. The Morgan fingerprint density at radius 2 is 0.708 bits per heavy atom. The summed E-state index contributed by atoms with van der Waals surface area (Å²) < 4.78 is 2.32. The van der Waals surface area contributed by atoms with E-state index in [0.717, 1.165) is 71.4 Å². The number of rotatable bonds is 19. The van der Waals surface area contributed by atoms with Gasteiger partial charge >= 0.3 is 0 Å². The monoisotopic (exact) mass is 1410 g/mol. The molecule has 5 N–H and O–H groups in total. The van der Waals surface area contributed by atoms with Crippen LogP contribution in [0, 0.1) is 85.0 Å². The van der Waals surface area contributed by atoms with Crippen molar-refractivity contribution >= 4 is 71.7 Å². The van der Waals surface area contributed by atoms with Crippen LogP contribution in [0.4, 0.5) is 39.8 Å². The molecule has 0 bridgehead atoms. The van der Waals surface area contributed by atoms with Gasteiger partial charge in [0.15, 0.2) is 0 Å². The third-order valence-corrected chi connectivity index (χ3v) is 17.8. The Bertz CT molecular complexity index is 3870. The minimum atomic E-state index is 0.630. The van der Waals surface area contributed by atoms with Crippen LogP contribution in [0.3, 0.4) is 0 Å². The number of nitrogen functional groups attached to an aromatic ring is 2. The van der Waals surface area contributed by atoms with E-state index in [2.05, 4.69) is 335 Å². The van der Waals surface area contributed by atoms with Gasteiger partial charge in [-0.1, -0.05) is 234 Å². The third-order valence-electron chi connectivity index (χ3n) is 16.8. The standard InChI is InChI=1S/C36H43N.C29H37N.C10H13Br.C8H12N2.C7H7Br/c1-25(2)18-30-10-8-11-32(22-30)23-33-20-29(7)36(21-28(33)6)37(34-16-14-27(5)15-17-34)35-13-9-12-31(24-35)19-26(3)4;1-20(2)13-24-9-7-10-26(17-24)18-27-15-23(6)29(16-22(27)5)30-28-12-8-11-25(19-28)14-21(3)4;1-8(2)6-9-4-3-5-10(11)7-9;1-5-3-8(10)6(2)4-7(5)9;1-6-2-4-7(8)5-3-6/h8-17,20-22,24-26H,18-19,23H2,1-7H3;7-12,15-17,19-21,30H,13-14,18H2,1-6H3;3-5,7-8H,6H2,1-2H3;3-4H,9-10H2,1-2H3;2-5H,1H3. The number of nitrogens with one attached hydrogen (secondary N) is 1. The fraction of sp³-hybridized carbons (Fsp3) is 0.333. The molecule has 10 rings (SSSR count). The van der Waals surface area contributed by atoms with E-state index in [1.165, 1.54) is 123 Å². The van der Waals surface area contributed by atoms with Gasteiger partial charge in [-0.05, 0) is 298 Å². The Morgan fingerprint density at radius 3 is 1.17 bits per heavy atom. The van der Waals surface area contributed by atoms with Crippen molar-refractivity contribution in [1.82, 2.24) is 0 Å². The Balaban J connectivity index is 0.000000216. The average molecular weight is 1410 g/mol. The van der Waals surface area contributed by atoms with Gasteiger partial charge in [-0.3, -0.25) is 0 Å². The first-order valence-electron chi connectivity index (χ1n) is 34.8. The molecule has 0 aromatic heterocycles. The van der Waals surface area contributed by atoms with Crippen LogP contribution in [-0.2, 0) is 44.9 Å². The van der Waals surface area contributed by atoms with E-state index in [0.29, 0.717) is 23.7 Å². The topological polar surface area (TPSA) is 67.3 Å². The van der Waals surface area contributed by atoms with E-state index in [1.54, 1.807) is 0 Å². The van der Waals surface area contributed by atoms with Crippen LogP contribution < -0.4 is 21.7 Å². The first-order chi connectivity index (χ1) is 45.6.